The van der Waals surface area contributed by atoms with Crippen LogP contribution in [0.2, 0.25) is 0 Å². The highest BCUT2D eigenvalue weighted by Crippen LogP contribution is 2.49. The normalized spacial score (nSPS) is 20.6. The van der Waals surface area contributed by atoms with E-state index in [1.807, 2.05) is 27.7 Å². The van der Waals surface area contributed by atoms with Crippen LogP contribution in [0.5, 0.6) is 0 Å². The predicted molar refractivity (Wildman–Crippen MR) is 76.3 cm³/mol. The summed E-state index contributed by atoms with van der Waals surface area (Å²) in [5.41, 5.74) is 4.77. The first-order chi connectivity index (χ1) is 8.75. The Labute approximate surface area is 116 Å². The lowest BCUT2D eigenvalue weighted by Gasteiger charge is -2.46. The molecule has 4 heteroatoms. The number of primary amides is 1. The van der Waals surface area contributed by atoms with E-state index in [0.29, 0.717) is 6.54 Å². The molecule has 1 unspecified atom stereocenters. The van der Waals surface area contributed by atoms with Crippen LogP contribution in [0.15, 0.2) is 0 Å². The van der Waals surface area contributed by atoms with Crippen LogP contribution in [0.1, 0.15) is 59.8 Å². The van der Waals surface area contributed by atoms with Crippen molar-refractivity contribution in [2.75, 3.05) is 6.54 Å². The predicted octanol–water partition coefficient (Wildman–Crippen LogP) is 2.22. The summed E-state index contributed by atoms with van der Waals surface area (Å²) in [6, 6.07) is 0. The Morgan fingerprint density at radius 3 is 2.11 bits per heavy atom. The maximum atomic E-state index is 12.5. The summed E-state index contributed by atoms with van der Waals surface area (Å²) in [5, 5.41) is 2.88. The third-order valence-corrected chi connectivity index (χ3v) is 4.27. The monoisotopic (exact) mass is 268 g/mol. The summed E-state index contributed by atoms with van der Waals surface area (Å²) in [4.78, 5) is 24.6. The van der Waals surface area contributed by atoms with E-state index in [1.165, 1.54) is 0 Å². The molecule has 110 valence electrons. The molecule has 19 heavy (non-hydrogen) atoms. The zero-order valence-corrected chi connectivity index (χ0v) is 12.7. The van der Waals surface area contributed by atoms with Crippen molar-refractivity contribution in [3.8, 4) is 0 Å². The number of hydrogen-bond donors (Lipinski definition) is 2. The summed E-state index contributed by atoms with van der Waals surface area (Å²) in [6.45, 7) is 8.54. The highest BCUT2D eigenvalue weighted by atomic mass is 16.2. The van der Waals surface area contributed by atoms with E-state index >= 15 is 0 Å². The van der Waals surface area contributed by atoms with Crippen molar-refractivity contribution in [3.05, 3.63) is 0 Å². The molecule has 0 saturated heterocycles. The fraction of sp³-hybridized carbons (Fsp3) is 0.867. The molecule has 0 spiro atoms. The van der Waals surface area contributed by atoms with Gasteiger partial charge in [0.05, 0.1) is 11.3 Å². The molecular formula is C15H28N2O2. The van der Waals surface area contributed by atoms with Crippen molar-refractivity contribution in [2.24, 2.45) is 22.5 Å². The van der Waals surface area contributed by atoms with Crippen molar-refractivity contribution in [1.29, 1.82) is 0 Å². The first kappa shape index (κ1) is 16.0. The second-order valence-corrected chi connectivity index (χ2v) is 6.77. The summed E-state index contributed by atoms with van der Waals surface area (Å²) < 4.78 is 0. The van der Waals surface area contributed by atoms with Crippen LogP contribution >= 0.6 is 0 Å². The van der Waals surface area contributed by atoms with Crippen molar-refractivity contribution in [2.45, 2.75) is 59.8 Å². The Bertz CT molecular complexity index is 339. The fourth-order valence-corrected chi connectivity index (χ4v) is 3.61. The lowest BCUT2D eigenvalue weighted by Crippen LogP contribution is -2.55. The molecule has 0 heterocycles. The van der Waals surface area contributed by atoms with E-state index in [1.54, 1.807) is 0 Å². The van der Waals surface area contributed by atoms with E-state index in [4.69, 9.17) is 5.73 Å². The van der Waals surface area contributed by atoms with Crippen LogP contribution in [0.3, 0.4) is 0 Å². The van der Waals surface area contributed by atoms with E-state index in [9.17, 15) is 9.59 Å². The van der Waals surface area contributed by atoms with E-state index in [-0.39, 0.29) is 23.1 Å². The number of nitrogens with two attached hydrogens (primary N) is 1. The molecule has 1 rings (SSSR count). The minimum Gasteiger partial charge on any atom is -0.369 e. The van der Waals surface area contributed by atoms with Crippen LogP contribution in [-0.2, 0) is 9.59 Å². The fourth-order valence-electron chi connectivity index (χ4n) is 3.61. The van der Waals surface area contributed by atoms with Gasteiger partial charge in [-0.3, -0.25) is 9.59 Å². The highest BCUT2D eigenvalue weighted by molar-refractivity contribution is 5.90. The first-order valence-electron chi connectivity index (χ1n) is 7.33. The summed E-state index contributed by atoms with van der Waals surface area (Å²) in [5.74, 6) is -0.688. The van der Waals surface area contributed by atoms with Gasteiger partial charge in [0.1, 0.15) is 0 Å². The molecule has 1 aliphatic carbocycles. The molecule has 0 aliphatic heterocycles. The van der Waals surface area contributed by atoms with Crippen LogP contribution in [0.25, 0.3) is 0 Å². The van der Waals surface area contributed by atoms with Gasteiger partial charge >= 0.3 is 0 Å². The lowest BCUT2D eigenvalue weighted by molar-refractivity contribution is -0.149. The third kappa shape index (κ3) is 3.28. The van der Waals surface area contributed by atoms with Crippen molar-refractivity contribution >= 4 is 11.8 Å². The molecule has 1 atom stereocenters. The average molecular weight is 268 g/mol. The van der Waals surface area contributed by atoms with Gasteiger partial charge in [0, 0.05) is 6.54 Å². The van der Waals surface area contributed by atoms with E-state index in [0.717, 1.165) is 32.1 Å². The maximum Gasteiger partial charge on any atom is 0.224 e. The molecule has 1 fully saturated rings. The van der Waals surface area contributed by atoms with Crippen molar-refractivity contribution < 1.29 is 9.59 Å². The van der Waals surface area contributed by atoms with Gasteiger partial charge in [0.25, 0.3) is 0 Å². The molecule has 0 aromatic rings. The molecule has 1 aliphatic rings. The lowest BCUT2D eigenvalue weighted by atomic mass is 9.57. The van der Waals surface area contributed by atoms with Crippen molar-refractivity contribution in [3.63, 3.8) is 0 Å². The minimum absolute atomic E-state index is 0.0318. The van der Waals surface area contributed by atoms with Crippen LogP contribution in [0.4, 0.5) is 0 Å². The zero-order valence-electron chi connectivity index (χ0n) is 12.7. The Hall–Kier alpha value is -1.06. The van der Waals surface area contributed by atoms with Gasteiger partial charge < -0.3 is 11.1 Å². The molecule has 2 amide bonds. The van der Waals surface area contributed by atoms with E-state index < -0.39 is 5.41 Å². The SMILES string of the molecule is CCNC(=O)C(C(C)(C)C)C1(C(N)=O)CCCCC1. The molecule has 4 nitrogen and oxygen atoms in total. The molecule has 3 N–H and O–H groups in total. The van der Waals surface area contributed by atoms with Gasteiger partial charge in [-0.25, -0.2) is 0 Å². The topological polar surface area (TPSA) is 72.2 Å². The van der Waals surface area contributed by atoms with Gasteiger partial charge in [-0.1, -0.05) is 40.0 Å². The Balaban J connectivity index is 3.18. The van der Waals surface area contributed by atoms with Crippen molar-refractivity contribution in [1.82, 2.24) is 5.32 Å². The van der Waals surface area contributed by atoms with Crippen LogP contribution in [0, 0.1) is 16.7 Å². The first-order valence-corrected chi connectivity index (χ1v) is 7.33. The second kappa shape index (κ2) is 5.93. The molecule has 0 radical (unpaired) electrons. The number of rotatable bonds is 4. The number of carbonyl (C=O) groups is 2. The van der Waals surface area contributed by atoms with Gasteiger partial charge in [-0.2, -0.15) is 0 Å². The van der Waals surface area contributed by atoms with Crippen LogP contribution < -0.4 is 11.1 Å². The van der Waals surface area contributed by atoms with E-state index in [2.05, 4.69) is 5.32 Å². The number of hydrogen-bond acceptors (Lipinski definition) is 2. The highest BCUT2D eigenvalue weighted by Gasteiger charge is 2.52. The Kier molecular flexibility index (Phi) is 4.99. The largest absolute Gasteiger partial charge is 0.369 e. The summed E-state index contributed by atoms with van der Waals surface area (Å²) in [7, 11) is 0. The molecule has 0 aromatic carbocycles. The summed E-state index contributed by atoms with van der Waals surface area (Å²) >= 11 is 0. The molecule has 1 saturated carbocycles. The maximum absolute atomic E-state index is 12.5. The van der Waals surface area contributed by atoms with Gasteiger partial charge in [0.2, 0.25) is 11.8 Å². The average Bonchev–Trinajstić information content (AvgIpc) is 2.28. The quantitative estimate of drug-likeness (QED) is 0.820. The zero-order chi connectivity index (χ0) is 14.7. The van der Waals surface area contributed by atoms with Gasteiger partial charge in [-0.15, -0.1) is 0 Å². The molecular weight excluding hydrogens is 240 g/mol. The molecule has 0 bridgehead atoms. The number of nitrogens with one attached hydrogen (secondary N) is 1. The Morgan fingerprint density at radius 1 is 1.21 bits per heavy atom. The Morgan fingerprint density at radius 2 is 1.74 bits per heavy atom. The van der Waals surface area contributed by atoms with Gasteiger partial charge in [0.15, 0.2) is 0 Å². The number of carbonyl (C=O) groups excluding carboxylic acids is 2. The third-order valence-electron chi connectivity index (χ3n) is 4.27. The van der Waals surface area contributed by atoms with Crippen LogP contribution in [-0.4, -0.2) is 18.4 Å². The minimum atomic E-state index is -0.671. The smallest absolute Gasteiger partial charge is 0.224 e. The standard InChI is InChI=1S/C15H28N2O2/c1-5-17-12(18)11(14(2,3)4)15(13(16)19)9-7-6-8-10-15/h11H,5-10H2,1-4H3,(H2,16,19)(H,17,18). The molecule has 0 aromatic heterocycles. The summed E-state index contributed by atoms with van der Waals surface area (Å²) in [6.07, 6.45) is 4.56. The second-order valence-electron chi connectivity index (χ2n) is 6.77. The number of amides is 2. The van der Waals surface area contributed by atoms with Gasteiger partial charge in [-0.05, 0) is 25.2 Å².